The second-order valence-electron chi connectivity index (χ2n) is 5.10. The number of nitrogens with zero attached hydrogens (tertiary/aromatic N) is 3. The van der Waals surface area contributed by atoms with Crippen LogP contribution in [0.4, 0.5) is 5.82 Å². The van der Waals surface area contributed by atoms with Crippen LogP contribution in [0, 0.1) is 5.92 Å². The molecule has 1 aromatic heterocycles. The van der Waals surface area contributed by atoms with E-state index in [4.69, 9.17) is 0 Å². The van der Waals surface area contributed by atoms with E-state index in [2.05, 4.69) is 47.9 Å². The van der Waals surface area contributed by atoms with E-state index in [-0.39, 0.29) is 0 Å². The van der Waals surface area contributed by atoms with Crippen LogP contribution in [-0.4, -0.2) is 29.6 Å². The molecule has 0 aliphatic carbocycles. The molecule has 0 fully saturated rings. The van der Waals surface area contributed by atoms with Crippen molar-refractivity contribution in [2.45, 2.75) is 40.3 Å². The molecule has 0 amide bonds. The first kappa shape index (κ1) is 13.9. The molecule has 0 saturated heterocycles. The Morgan fingerprint density at radius 2 is 1.94 bits per heavy atom. The predicted octanol–water partition coefficient (Wildman–Crippen LogP) is 2.07. The SMILES string of the molecule is CC(C)CNCc1cncc(N(C)C(C)C)n1. The van der Waals surface area contributed by atoms with Crippen molar-refractivity contribution >= 4 is 5.82 Å². The van der Waals surface area contributed by atoms with Gasteiger partial charge in [0.2, 0.25) is 0 Å². The van der Waals surface area contributed by atoms with E-state index in [0.717, 1.165) is 24.6 Å². The smallest absolute Gasteiger partial charge is 0.147 e. The molecule has 1 rings (SSSR count). The van der Waals surface area contributed by atoms with Crippen molar-refractivity contribution in [1.29, 1.82) is 0 Å². The number of nitrogens with one attached hydrogen (secondary N) is 1. The molecule has 96 valence electrons. The lowest BCUT2D eigenvalue weighted by molar-refractivity contribution is 0.547. The van der Waals surface area contributed by atoms with Crippen LogP contribution in [-0.2, 0) is 6.54 Å². The number of anilines is 1. The zero-order valence-corrected chi connectivity index (χ0v) is 11.6. The number of hydrogen-bond acceptors (Lipinski definition) is 4. The van der Waals surface area contributed by atoms with Gasteiger partial charge in [-0.1, -0.05) is 13.8 Å². The van der Waals surface area contributed by atoms with Crippen molar-refractivity contribution in [1.82, 2.24) is 15.3 Å². The highest BCUT2D eigenvalue weighted by atomic mass is 15.2. The normalized spacial score (nSPS) is 11.2. The van der Waals surface area contributed by atoms with Crippen LogP contribution in [0.3, 0.4) is 0 Å². The van der Waals surface area contributed by atoms with Crippen molar-refractivity contribution in [2.24, 2.45) is 5.92 Å². The first-order chi connectivity index (χ1) is 8.00. The second-order valence-corrected chi connectivity index (χ2v) is 5.10. The maximum Gasteiger partial charge on any atom is 0.147 e. The number of hydrogen-bond donors (Lipinski definition) is 1. The molecule has 17 heavy (non-hydrogen) atoms. The maximum absolute atomic E-state index is 4.59. The molecule has 0 radical (unpaired) electrons. The highest BCUT2D eigenvalue weighted by molar-refractivity contribution is 5.36. The Balaban J connectivity index is 2.59. The highest BCUT2D eigenvalue weighted by Gasteiger charge is 2.07. The van der Waals surface area contributed by atoms with E-state index < -0.39 is 0 Å². The van der Waals surface area contributed by atoms with Crippen molar-refractivity contribution in [3.05, 3.63) is 18.1 Å². The molecule has 0 unspecified atom stereocenters. The summed E-state index contributed by atoms with van der Waals surface area (Å²) in [6.07, 6.45) is 3.64. The molecule has 4 nitrogen and oxygen atoms in total. The molecule has 1 aromatic rings. The molecule has 1 N–H and O–H groups in total. The summed E-state index contributed by atoms with van der Waals surface area (Å²) >= 11 is 0. The number of aromatic nitrogens is 2. The molecule has 0 aliphatic heterocycles. The van der Waals surface area contributed by atoms with Crippen molar-refractivity contribution in [3.8, 4) is 0 Å². The molecule has 0 saturated carbocycles. The first-order valence-electron chi connectivity index (χ1n) is 6.25. The summed E-state index contributed by atoms with van der Waals surface area (Å²) in [4.78, 5) is 11.0. The summed E-state index contributed by atoms with van der Waals surface area (Å²) in [5.74, 6) is 1.59. The van der Waals surface area contributed by atoms with Crippen LogP contribution >= 0.6 is 0 Å². The van der Waals surface area contributed by atoms with Crippen LogP contribution in [0.1, 0.15) is 33.4 Å². The average Bonchev–Trinajstić information content (AvgIpc) is 2.28. The van der Waals surface area contributed by atoms with Gasteiger partial charge in [-0.05, 0) is 26.3 Å². The van der Waals surface area contributed by atoms with Gasteiger partial charge in [-0.25, -0.2) is 4.98 Å². The van der Waals surface area contributed by atoms with Crippen LogP contribution in [0.5, 0.6) is 0 Å². The van der Waals surface area contributed by atoms with Crippen LogP contribution in [0.15, 0.2) is 12.4 Å². The molecular formula is C13H24N4. The van der Waals surface area contributed by atoms with Gasteiger partial charge in [0.15, 0.2) is 0 Å². The van der Waals surface area contributed by atoms with E-state index in [9.17, 15) is 0 Å². The molecule has 0 bridgehead atoms. The van der Waals surface area contributed by atoms with Gasteiger partial charge in [0.25, 0.3) is 0 Å². The first-order valence-corrected chi connectivity index (χ1v) is 6.25. The van der Waals surface area contributed by atoms with Gasteiger partial charge >= 0.3 is 0 Å². The number of rotatable bonds is 6. The Bertz CT molecular complexity index is 336. The fourth-order valence-electron chi connectivity index (χ4n) is 1.40. The molecular weight excluding hydrogens is 212 g/mol. The lowest BCUT2D eigenvalue weighted by Gasteiger charge is -2.22. The Kier molecular flexibility index (Phi) is 5.35. The van der Waals surface area contributed by atoms with Gasteiger partial charge in [-0.15, -0.1) is 0 Å². The minimum Gasteiger partial charge on any atom is -0.356 e. The third-order valence-electron chi connectivity index (χ3n) is 2.67. The Morgan fingerprint density at radius 3 is 2.53 bits per heavy atom. The van der Waals surface area contributed by atoms with Gasteiger partial charge in [-0.3, -0.25) is 4.98 Å². The maximum atomic E-state index is 4.59. The third-order valence-corrected chi connectivity index (χ3v) is 2.67. The molecule has 1 heterocycles. The van der Waals surface area contributed by atoms with Crippen LogP contribution in [0.25, 0.3) is 0 Å². The lowest BCUT2D eigenvalue weighted by atomic mass is 10.2. The predicted molar refractivity (Wildman–Crippen MR) is 72.1 cm³/mol. The van der Waals surface area contributed by atoms with Crippen LogP contribution < -0.4 is 10.2 Å². The third kappa shape index (κ3) is 4.69. The van der Waals surface area contributed by atoms with E-state index in [1.165, 1.54) is 0 Å². The Labute approximate surface area is 104 Å². The van der Waals surface area contributed by atoms with Crippen molar-refractivity contribution in [2.75, 3.05) is 18.5 Å². The van der Waals surface area contributed by atoms with E-state index in [1.807, 2.05) is 19.4 Å². The molecule has 0 spiro atoms. The summed E-state index contributed by atoms with van der Waals surface area (Å²) < 4.78 is 0. The molecule has 0 aliphatic rings. The minimum absolute atomic E-state index is 0.433. The molecule has 0 aromatic carbocycles. The summed E-state index contributed by atoms with van der Waals surface area (Å²) in [5.41, 5.74) is 0.996. The summed E-state index contributed by atoms with van der Waals surface area (Å²) in [5, 5.41) is 3.38. The zero-order valence-electron chi connectivity index (χ0n) is 11.6. The summed E-state index contributed by atoms with van der Waals surface area (Å²) in [6, 6.07) is 0.433. The standard InChI is InChI=1S/C13H24N4/c1-10(2)6-14-7-12-8-15-9-13(16-12)17(5)11(3)4/h8-11,14H,6-7H2,1-5H3. The largest absolute Gasteiger partial charge is 0.356 e. The van der Waals surface area contributed by atoms with E-state index in [1.54, 1.807) is 0 Å². The van der Waals surface area contributed by atoms with Gasteiger partial charge in [-0.2, -0.15) is 0 Å². The van der Waals surface area contributed by atoms with Gasteiger partial charge in [0, 0.05) is 25.8 Å². The second kappa shape index (κ2) is 6.55. The van der Waals surface area contributed by atoms with E-state index in [0.29, 0.717) is 12.0 Å². The van der Waals surface area contributed by atoms with E-state index >= 15 is 0 Å². The summed E-state index contributed by atoms with van der Waals surface area (Å²) in [6.45, 7) is 10.5. The Morgan fingerprint density at radius 1 is 1.24 bits per heavy atom. The Hall–Kier alpha value is -1.16. The van der Waals surface area contributed by atoms with Gasteiger partial charge < -0.3 is 10.2 Å². The minimum atomic E-state index is 0.433. The fraction of sp³-hybridized carbons (Fsp3) is 0.692. The highest BCUT2D eigenvalue weighted by Crippen LogP contribution is 2.10. The molecule has 4 heteroatoms. The topological polar surface area (TPSA) is 41.1 Å². The quantitative estimate of drug-likeness (QED) is 0.821. The summed E-state index contributed by atoms with van der Waals surface area (Å²) in [7, 11) is 2.04. The van der Waals surface area contributed by atoms with Crippen molar-refractivity contribution < 1.29 is 0 Å². The fourth-order valence-corrected chi connectivity index (χ4v) is 1.40. The van der Waals surface area contributed by atoms with Crippen LogP contribution in [0.2, 0.25) is 0 Å². The zero-order chi connectivity index (χ0) is 12.8. The van der Waals surface area contributed by atoms with Gasteiger partial charge in [0.1, 0.15) is 5.82 Å². The monoisotopic (exact) mass is 236 g/mol. The van der Waals surface area contributed by atoms with Crippen molar-refractivity contribution in [3.63, 3.8) is 0 Å². The average molecular weight is 236 g/mol. The lowest BCUT2D eigenvalue weighted by Crippen LogP contribution is -2.27. The molecule has 0 atom stereocenters. The van der Waals surface area contributed by atoms with Gasteiger partial charge in [0.05, 0.1) is 11.9 Å².